The highest BCUT2D eigenvalue weighted by atomic mass is 32.1. The molecule has 0 aliphatic rings. The Bertz CT molecular complexity index is 920. The van der Waals surface area contributed by atoms with E-state index in [9.17, 15) is 9.59 Å². The van der Waals surface area contributed by atoms with Gasteiger partial charge in [-0.05, 0) is 12.5 Å². The Hall–Kier alpha value is -2.99. The van der Waals surface area contributed by atoms with Gasteiger partial charge in [-0.2, -0.15) is 0 Å². The van der Waals surface area contributed by atoms with Crippen LogP contribution in [0.15, 0.2) is 60.0 Å². The molecule has 3 rings (SSSR count). The third-order valence-corrected chi connectivity index (χ3v) is 4.82. The van der Waals surface area contributed by atoms with Crippen molar-refractivity contribution in [2.45, 2.75) is 26.3 Å². The molecule has 3 aromatic rings. The molecule has 0 aliphatic carbocycles. The number of carbonyl (C=O) groups is 2. The number of aromatic nitrogens is 1. The first kappa shape index (κ1) is 18.8. The van der Waals surface area contributed by atoms with Crippen LogP contribution in [0.4, 0.5) is 5.13 Å². The largest absolute Gasteiger partial charge is 0.349 e. The molecule has 0 saturated heterocycles. The summed E-state index contributed by atoms with van der Waals surface area (Å²) in [5.41, 5.74) is 3.92. The van der Waals surface area contributed by atoms with Crippen LogP contribution in [0, 0.1) is 6.92 Å². The van der Waals surface area contributed by atoms with Crippen molar-refractivity contribution < 1.29 is 9.59 Å². The van der Waals surface area contributed by atoms with Crippen LogP contribution < -0.4 is 10.6 Å². The fraction of sp³-hybridized carbons (Fsp3) is 0.190. The number of hydrogen-bond acceptors (Lipinski definition) is 4. The minimum atomic E-state index is -0.375. The fourth-order valence-electron chi connectivity index (χ4n) is 2.73. The van der Waals surface area contributed by atoms with Crippen LogP contribution in [-0.4, -0.2) is 16.8 Å². The van der Waals surface area contributed by atoms with Crippen LogP contribution >= 0.6 is 11.3 Å². The summed E-state index contributed by atoms with van der Waals surface area (Å²) in [4.78, 5) is 28.5. The number of aryl methyl sites for hydroxylation is 1. The molecule has 2 aromatic carbocycles. The predicted octanol–water partition coefficient (Wildman–Crippen LogP) is 4.32. The van der Waals surface area contributed by atoms with E-state index in [0.29, 0.717) is 5.13 Å². The summed E-state index contributed by atoms with van der Waals surface area (Å²) in [6.07, 6.45) is 0.142. The maximum absolute atomic E-state index is 12.5. The van der Waals surface area contributed by atoms with E-state index >= 15 is 0 Å². The number of amides is 2. The molecule has 0 bridgehead atoms. The average molecular weight is 379 g/mol. The first-order valence-electron chi connectivity index (χ1n) is 8.66. The summed E-state index contributed by atoms with van der Waals surface area (Å²) in [6.45, 7) is 3.48. The van der Waals surface area contributed by atoms with Gasteiger partial charge >= 0.3 is 0 Å². The number of nitrogens with one attached hydrogen (secondary N) is 2. The average Bonchev–Trinajstić information content (AvgIpc) is 3.10. The van der Waals surface area contributed by atoms with Crippen molar-refractivity contribution >= 4 is 28.3 Å². The van der Waals surface area contributed by atoms with Crippen molar-refractivity contribution in [3.8, 4) is 11.3 Å². The maximum Gasteiger partial charge on any atom is 0.228 e. The van der Waals surface area contributed by atoms with Crippen LogP contribution in [0.25, 0.3) is 11.3 Å². The van der Waals surface area contributed by atoms with Crippen LogP contribution in [0.5, 0.6) is 0 Å². The van der Waals surface area contributed by atoms with Crippen LogP contribution in [0.2, 0.25) is 0 Å². The monoisotopic (exact) mass is 379 g/mol. The predicted molar refractivity (Wildman–Crippen MR) is 109 cm³/mol. The molecule has 0 spiro atoms. The Morgan fingerprint density at radius 2 is 1.78 bits per heavy atom. The molecule has 2 amide bonds. The third-order valence-electron chi connectivity index (χ3n) is 4.07. The van der Waals surface area contributed by atoms with E-state index in [2.05, 4.69) is 15.6 Å². The molecular weight excluding hydrogens is 358 g/mol. The normalized spacial score (nSPS) is 11.6. The summed E-state index contributed by atoms with van der Waals surface area (Å²) in [7, 11) is 0. The Kier molecular flexibility index (Phi) is 5.98. The van der Waals surface area contributed by atoms with E-state index in [1.807, 2.05) is 66.9 Å². The lowest BCUT2D eigenvalue weighted by Crippen LogP contribution is -2.29. The lowest BCUT2D eigenvalue weighted by molar-refractivity contribution is -0.120. The molecule has 1 unspecified atom stereocenters. The van der Waals surface area contributed by atoms with Gasteiger partial charge in [-0.15, -0.1) is 11.3 Å². The van der Waals surface area contributed by atoms with Gasteiger partial charge in [0.2, 0.25) is 11.8 Å². The van der Waals surface area contributed by atoms with Crippen LogP contribution in [-0.2, 0) is 9.59 Å². The number of rotatable bonds is 6. The zero-order valence-electron chi connectivity index (χ0n) is 15.2. The lowest BCUT2D eigenvalue weighted by atomic mass is 10.0. The molecule has 0 radical (unpaired) electrons. The quantitative estimate of drug-likeness (QED) is 0.670. The summed E-state index contributed by atoms with van der Waals surface area (Å²) in [6, 6.07) is 17.2. The highest BCUT2D eigenvalue weighted by molar-refractivity contribution is 7.14. The number of nitrogens with zero attached hydrogens (tertiary/aromatic N) is 1. The van der Waals surface area contributed by atoms with Crippen molar-refractivity contribution in [1.82, 2.24) is 10.3 Å². The Balaban J connectivity index is 1.67. The van der Waals surface area contributed by atoms with Crippen molar-refractivity contribution in [3.05, 3.63) is 71.1 Å². The topological polar surface area (TPSA) is 71.1 Å². The molecule has 138 valence electrons. The first-order valence-corrected chi connectivity index (χ1v) is 9.53. The Morgan fingerprint density at radius 1 is 1.07 bits per heavy atom. The molecular formula is C21H21N3O2S. The summed E-state index contributed by atoms with van der Waals surface area (Å²) < 4.78 is 0. The van der Waals surface area contributed by atoms with E-state index in [-0.39, 0.29) is 24.3 Å². The number of carbonyl (C=O) groups excluding carboxylic acids is 2. The molecule has 0 saturated carbocycles. The minimum Gasteiger partial charge on any atom is -0.349 e. The van der Waals surface area contributed by atoms with Gasteiger partial charge in [-0.3, -0.25) is 9.59 Å². The second-order valence-electron chi connectivity index (χ2n) is 6.32. The number of anilines is 1. The summed E-state index contributed by atoms with van der Waals surface area (Å²) >= 11 is 1.38. The standard InChI is InChI=1S/C21H21N3O2S/c1-14-8-10-17(11-9-14)19-13-27-21(23-19)24-20(26)12-18(22-15(2)25)16-6-4-3-5-7-16/h3-11,13,18H,12H2,1-2H3,(H,22,25)(H,23,24,26). The molecule has 5 nitrogen and oxygen atoms in total. The van der Waals surface area contributed by atoms with Crippen molar-refractivity contribution in [1.29, 1.82) is 0 Å². The van der Waals surface area contributed by atoms with Gasteiger partial charge < -0.3 is 10.6 Å². The Labute approximate surface area is 162 Å². The molecule has 1 atom stereocenters. The van der Waals surface area contributed by atoms with Crippen molar-refractivity contribution in [2.75, 3.05) is 5.32 Å². The van der Waals surface area contributed by atoms with E-state index in [0.717, 1.165) is 16.8 Å². The minimum absolute atomic E-state index is 0.142. The molecule has 1 heterocycles. The highest BCUT2D eigenvalue weighted by Crippen LogP contribution is 2.26. The molecule has 1 aromatic heterocycles. The third kappa shape index (κ3) is 5.24. The molecule has 0 fully saturated rings. The molecule has 27 heavy (non-hydrogen) atoms. The van der Waals surface area contributed by atoms with E-state index in [4.69, 9.17) is 0 Å². The second kappa shape index (κ2) is 8.60. The lowest BCUT2D eigenvalue weighted by Gasteiger charge is -2.17. The number of hydrogen-bond donors (Lipinski definition) is 2. The van der Waals surface area contributed by atoms with Gasteiger partial charge in [0.25, 0.3) is 0 Å². The SMILES string of the molecule is CC(=O)NC(CC(=O)Nc1nc(-c2ccc(C)cc2)cs1)c1ccccc1. The summed E-state index contributed by atoms with van der Waals surface area (Å²) in [5.74, 6) is -0.366. The zero-order chi connectivity index (χ0) is 19.2. The molecule has 0 aliphatic heterocycles. The van der Waals surface area contributed by atoms with Crippen molar-refractivity contribution in [3.63, 3.8) is 0 Å². The Morgan fingerprint density at radius 3 is 2.44 bits per heavy atom. The molecule has 6 heteroatoms. The van der Waals surface area contributed by atoms with Gasteiger partial charge in [0.05, 0.1) is 18.2 Å². The van der Waals surface area contributed by atoms with E-state index in [1.165, 1.54) is 23.8 Å². The number of benzene rings is 2. The summed E-state index contributed by atoms with van der Waals surface area (Å²) in [5, 5.41) is 8.13. The fourth-order valence-corrected chi connectivity index (χ4v) is 3.46. The zero-order valence-corrected chi connectivity index (χ0v) is 16.0. The van der Waals surface area contributed by atoms with Crippen LogP contribution in [0.3, 0.4) is 0 Å². The van der Waals surface area contributed by atoms with Gasteiger partial charge in [0.15, 0.2) is 5.13 Å². The first-order chi connectivity index (χ1) is 13.0. The van der Waals surface area contributed by atoms with Gasteiger partial charge in [0.1, 0.15) is 0 Å². The molecule has 2 N–H and O–H groups in total. The maximum atomic E-state index is 12.5. The number of thiazole rings is 1. The van der Waals surface area contributed by atoms with E-state index in [1.54, 1.807) is 0 Å². The smallest absolute Gasteiger partial charge is 0.228 e. The second-order valence-corrected chi connectivity index (χ2v) is 7.18. The van der Waals surface area contributed by atoms with Gasteiger partial charge in [-0.25, -0.2) is 4.98 Å². The van der Waals surface area contributed by atoms with Gasteiger partial charge in [0, 0.05) is 17.9 Å². The van der Waals surface area contributed by atoms with Crippen LogP contribution in [0.1, 0.15) is 30.5 Å². The van der Waals surface area contributed by atoms with E-state index < -0.39 is 0 Å². The highest BCUT2D eigenvalue weighted by Gasteiger charge is 2.18. The van der Waals surface area contributed by atoms with Crippen molar-refractivity contribution in [2.24, 2.45) is 0 Å². The van der Waals surface area contributed by atoms with Gasteiger partial charge in [-0.1, -0.05) is 60.2 Å².